The first kappa shape index (κ1) is 16.6. The number of carbonyl (C=O) groups is 1. The van der Waals surface area contributed by atoms with Crippen molar-refractivity contribution in [3.63, 3.8) is 0 Å². The van der Waals surface area contributed by atoms with Crippen LogP contribution in [-0.4, -0.2) is 60.2 Å². The highest BCUT2D eigenvalue weighted by atomic mass is 79.9. The predicted molar refractivity (Wildman–Crippen MR) is 105 cm³/mol. The van der Waals surface area contributed by atoms with Gasteiger partial charge in [0.15, 0.2) is 0 Å². The fourth-order valence-corrected chi connectivity index (χ4v) is 5.57. The number of ether oxygens (including phenoxy) is 1. The van der Waals surface area contributed by atoms with Gasteiger partial charge in [0.05, 0.1) is 11.2 Å². The second-order valence-corrected chi connectivity index (χ2v) is 8.82. The van der Waals surface area contributed by atoms with Crippen LogP contribution in [0.5, 0.6) is 0 Å². The highest BCUT2D eigenvalue weighted by Gasteiger charge is 2.40. The average molecular weight is 418 g/mol. The molecular weight excluding hydrogens is 394 g/mol. The highest BCUT2D eigenvalue weighted by molar-refractivity contribution is 9.10. The van der Waals surface area contributed by atoms with Gasteiger partial charge in [0.2, 0.25) is 0 Å². The number of halogens is 1. The summed E-state index contributed by atoms with van der Waals surface area (Å²) in [5.74, 6) is 0.894. The van der Waals surface area contributed by atoms with E-state index in [0.29, 0.717) is 24.5 Å². The van der Waals surface area contributed by atoms with Crippen LogP contribution in [0.1, 0.15) is 29.9 Å². The van der Waals surface area contributed by atoms with Crippen LogP contribution in [0.2, 0.25) is 0 Å². The average Bonchev–Trinajstić information content (AvgIpc) is 2.89. The molecule has 5 nitrogen and oxygen atoms in total. The third kappa shape index (κ3) is 2.57. The molecule has 1 aromatic carbocycles. The molecule has 3 aliphatic rings. The molecule has 1 aromatic heterocycles. The zero-order chi connectivity index (χ0) is 17.8. The number of rotatable bonds is 2. The number of fused-ring (bicyclic) bond motifs is 2. The summed E-state index contributed by atoms with van der Waals surface area (Å²) in [4.78, 5) is 19.8. The number of hydrogen-bond donors (Lipinski definition) is 1. The number of H-pyrrole nitrogens is 1. The first-order valence-corrected chi connectivity index (χ1v) is 10.3. The van der Waals surface area contributed by atoms with Crippen LogP contribution < -0.4 is 0 Å². The first-order chi connectivity index (χ1) is 12.6. The molecule has 1 N–H and O–H groups in total. The van der Waals surface area contributed by atoms with Gasteiger partial charge in [-0.15, -0.1) is 0 Å². The fourth-order valence-electron chi connectivity index (χ4n) is 5.00. The summed E-state index contributed by atoms with van der Waals surface area (Å²) in [6, 6.07) is 7.11. The third-order valence-electron chi connectivity index (χ3n) is 6.44. The van der Waals surface area contributed by atoms with Gasteiger partial charge in [-0.25, -0.2) is 4.79 Å². The zero-order valence-corrected chi connectivity index (χ0v) is 16.6. The molecule has 0 bridgehead atoms. The van der Waals surface area contributed by atoms with Gasteiger partial charge >= 0.3 is 6.09 Å². The molecule has 6 heteroatoms. The van der Waals surface area contributed by atoms with Crippen molar-refractivity contribution in [3.8, 4) is 0 Å². The van der Waals surface area contributed by atoms with Crippen molar-refractivity contribution in [2.45, 2.75) is 31.2 Å². The van der Waals surface area contributed by atoms with Crippen molar-refractivity contribution in [1.29, 1.82) is 0 Å². The second-order valence-electron chi connectivity index (χ2n) is 8.02. The van der Waals surface area contributed by atoms with Gasteiger partial charge in [0.25, 0.3) is 0 Å². The topological polar surface area (TPSA) is 48.6 Å². The maximum absolute atomic E-state index is 12.0. The summed E-state index contributed by atoms with van der Waals surface area (Å²) < 4.78 is 6.73. The molecule has 0 saturated carbocycles. The summed E-state index contributed by atoms with van der Waals surface area (Å²) in [6.07, 6.45) is 3.12. The van der Waals surface area contributed by atoms with Crippen LogP contribution in [0, 0.1) is 5.92 Å². The van der Waals surface area contributed by atoms with Crippen molar-refractivity contribution >= 4 is 32.9 Å². The van der Waals surface area contributed by atoms with Crippen molar-refractivity contribution in [2.24, 2.45) is 5.92 Å². The Morgan fingerprint density at radius 1 is 1.38 bits per heavy atom. The summed E-state index contributed by atoms with van der Waals surface area (Å²) >= 11 is 3.72. The van der Waals surface area contributed by atoms with Crippen LogP contribution in [0.3, 0.4) is 0 Å². The zero-order valence-electron chi connectivity index (χ0n) is 15.0. The van der Waals surface area contributed by atoms with Crippen LogP contribution in [0.4, 0.5) is 4.79 Å². The molecule has 3 atom stereocenters. The molecule has 2 fully saturated rings. The SMILES string of the molecule is CN1CC(COC(=O)N2CCC2)C[C@@H]2c3cccc4[nH]c(Br)c(c34)C[C@H]21. The van der Waals surface area contributed by atoms with E-state index >= 15 is 0 Å². The van der Waals surface area contributed by atoms with E-state index in [2.05, 4.69) is 51.1 Å². The predicted octanol–water partition coefficient (Wildman–Crippen LogP) is 3.73. The van der Waals surface area contributed by atoms with Gasteiger partial charge in [0.1, 0.15) is 0 Å². The maximum Gasteiger partial charge on any atom is 0.409 e. The fraction of sp³-hybridized carbons (Fsp3) is 0.550. The Hall–Kier alpha value is -1.53. The lowest BCUT2D eigenvalue weighted by Crippen LogP contribution is -2.49. The van der Waals surface area contributed by atoms with E-state index in [0.717, 1.165) is 43.5 Å². The molecule has 138 valence electrons. The number of carbonyl (C=O) groups excluding carboxylic acids is 1. The summed E-state index contributed by atoms with van der Waals surface area (Å²) in [7, 11) is 2.22. The van der Waals surface area contributed by atoms with Crippen molar-refractivity contribution in [3.05, 3.63) is 33.9 Å². The lowest BCUT2D eigenvalue weighted by Gasteiger charge is -2.45. The van der Waals surface area contributed by atoms with Gasteiger partial charge < -0.3 is 19.5 Å². The molecule has 26 heavy (non-hydrogen) atoms. The van der Waals surface area contributed by atoms with Gasteiger partial charge in [-0.3, -0.25) is 0 Å². The largest absolute Gasteiger partial charge is 0.449 e. The van der Waals surface area contributed by atoms with E-state index in [-0.39, 0.29) is 6.09 Å². The molecule has 1 unspecified atom stereocenters. The third-order valence-corrected chi connectivity index (χ3v) is 7.12. The molecule has 0 radical (unpaired) electrons. The number of nitrogens with one attached hydrogen (secondary N) is 1. The molecule has 0 spiro atoms. The van der Waals surface area contributed by atoms with Gasteiger partial charge in [-0.05, 0) is 59.4 Å². The smallest absolute Gasteiger partial charge is 0.409 e. The Bertz CT molecular complexity index is 860. The van der Waals surface area contributed by atoms with E-state index < -0.39 is 0 Å². The van der Waals surface area contributed by atoms with E-state index in [4.69, 9.17) is 4.74 Å². The Morgan fingerprint density at radius 3 is 3.00 bits per heavy atom. The number of hydrogen-bond acceptors (Lipinski definition) is 3. The quantitative estimate of drug-likeness (QED) is 0.809. The number of aromatic nitrogens is 1. The van der Waals surface area contributed by atoms with Gasteiger partial charge in [-0.1, -0.05) is 12.1 Å². The molecule has 2 saturated heterocycles. The lowest BCUT2D eigenvalue weighted by atomic mass is 9.72. The molecule has 1 aliphatic carbocycles. The molecular formula is C20H24BrN3O2. The number of likely N-dealkylation sites (N-methyl/N-ethyl adjacent to an activating group) is 1. The minimum absolute atomic E-state index is 0.136. The van der Waals surface area contributed by atoms with E-state index in [1.807, 2.05) is 0 Å². The summed E-state index contributed by atoms with van der Waals surface area (Å²) in [6.45, 7) is 3.22. The van der Waals surface area contributed by atoms with E-state index in [9.17, 15) is 4.79 Å². The Balaban J connectivity index is 1.38. The van der Waals surface area contributed by atoms with Crippen LogP contribution in [0.25, 0.3) is 10.9 Å². The summed E-state index contributed by atoms with van der Waals surface area (Å²) in [5.41, 5.74) is 4.07. The Labute approximate surface area is 161 Å². The lowest BCUT2D eigenvalue weighted by molar-refractivity contribution is 0.0379. The molecule has 3 heterocycles. The Morgan fingerprint density at radius 2 is 2.23 bits per heavy atom. The monoisotopic (exact) mass is 417 g/mol. The van der Waals surface area contributed by atoms with Gasteiger partial charge in [0, 0.05) is 48.4 Å². The molecule has 2 aromatic rings. The molecule has 5 rings (SSSR count). The van der Waals surface area contributed by atoms with Gasteiger partial charge in [-0.2, -0.15) is 0 Å². The van der Waals surface area contributed by atoms with Crippen LogP contribution >= 0.6 is 15.9 Å². The highest BCUT2D eigenvalue weighted by Crippen LogP contribution is 2.46. The Kier molecular flexibility index (Phi) is 4.01. The minimum atomic E-state index is -0.136. The normalized spacial score (nSPS) is 27.9. The van der Waals surface area contributed by atoms with Crippen molar-refractivity contribution < 1.29 is 9.53 Å². The molecule has 1 amide bonds. The van der Waals surface area contributed by atoms with E-state index in [1.165, 1.54) is 22.0 Å². The van der Waals surface area contributed by atoms with Crippen molar-refractivity contribution in [2.75, 3.05) is 33.3 Å². The first-order valence-electron chi connectivity index (χ1n) is 9.52. The van der Waals surface area contributed by atoms with Crippen LogP contribution in [-0.2, 0) is 11.2 Å². The molecule has 2 aliphatic heterocycles. The number of amides is 1. The van der Waals surface area contributed by atoms with E-state index in [1.54, 1.807) is 4.90 Å². The number of aromatic amines is 1. The number of likely N-dealkylation sites (tertiary alicyclic amines) is 2. The van der Waals surface area contributed by atoms with Crippen LogP contribution in [0.15, 0.2) is 22.8 Å². The number of benzene rings is 1. The number of piperidine rings is 1. The maximum atomic E-state index is 12.0. The standard InChI is InChI=1S/C20H24BrN3O2/c1-23-10-12(11-26-20(25)24-6-3-7-24)8-14-13-4-2-5-16-18(13)15(9-17(14)23)19(21)22-16/h2,4-5,12,14,17,22H,3,6-11H2,1H3/t12?,14-,17-/m1/s1. The summed E-state index contributed by atoms with van der Waals surface area (Å²) in [5, 5.41) is 1.40. The van der Waals surface area contributed by atoms with Crippen molar-refractivity contribution in [1.82, 2.24) is 14.8 Å². The number of nitrogens with zero attached hydrogens (tertiary/aromatic N) is 2. The second kappa shape index (κ2) is 6.27. The minimum Gasteiger partial charge on any atom is -0.449 e.